The summed E-state index contributed by atoms with van der Waals surface area (Å²) in [5.74, 6) is 0. The molecule has 1 aromatic heterocycles. The van der Waals surface area contributed by atoms with Crippen molar-refractivity contribution in [2.24, 2.45) is 5.73 Å². The largest absolute Gasteiger partial charge is 0.320 e. The first kappa shape index (κ1) is 14.0. The molecule has 0 saturated heterocycles. The molecule has 5 heteroatoms. The highest BCUT2D eigenvalue weighted by Crippen LogP contribution is 2.28. The maximum absolute atomic E-state index is 6.12. The maximum atomic E-state index is 6.12. The van der Waals surface area contributed by atoms with E-state index in [9.17, 15) is 0 Å². The lowest BCUT2D eigenvalue weighted by Gasteiger charge is -2.11. The number of nitrogens with two attached hydrogens (primary N) is 1. The number of rotatable bonds is 2. The summed E-state index contributed by atoms with van der Waals surface area (Å²) < 4.78 is 0.882. The predicted octanol–water partition coefficient (Wildman–Crippen LogP) is 4.63. The van der Waals surface area contributed by atoms with E-state index in [0.29, 0.717) is 5.02 Å². The van der Waals surface area contributed by atoms with Crippen molar-refractivity contribution < 1.29 is 0 Å². The van der Waals surface area contributed by atoms with Crippen LogP contribution >= 0.6 is 51.3 Å². The summed E-state index contributed by atoms with van der Waals surface area (Å²) in [5.41, 5.74) is 8.32. The molecule has 2 N–H and O–H groups in total. The fourth-order valence-corrected chi connectivity index (χ4v) is 2.56. The lowest BCUT2D eigenvalue weighted by Crippen LogP contribution is -2.10. The van der Waals surface area contributed by atoms with Crippen molar-refractivity contribution in [3.05, 3.63) is 55.6 Å². The highest BCUT2D eigenvalue weighted by Gasteiger charge is 2.10. The minimum atomic E-state index is -0.0789. The van der Waals surface area contributed by atoms with Crippen LogP contribution in [0.1, 0.15) is 17.2 Å². The van der Waals surface area contributed by atoms with E-state index in [4.69, 9.17) is 17.3 Å². The third kappa shape index (κ3) is 2.99. The van der Waals surface area contributed by atoms with Gasteiger partial charge in [0, 0.05) is 4.47 Å². The fraction of sp³-hybridized carbons (Fsp3) is 0.0909. The first-order valence-corrected chi connectivity index (χ1v) is 6.52. The van der Waals surface area contributed by atoms with E-state index in [1.165, 1.54) is 0 Å². The van der Waals surface area contributed by atoms with E-state index in [1.807, 2.05) is 29.6 Å². The van der Waals surface area contributed by atoms with E-state index in [2.05, 4.69) is 21.3 Å². The first-order valence-electron chi connectivity index (χ1n) is 4.41. The summed E-state index contributed by atoms with van der Waals surface area (Å²) >= 11 is 11.0. The summed E-state index contributed by atoms with van der Waals surface area (Å²) in [6, 6.07) is 7.73. The van der Waals surface area contributed by atoms with Gasteiger partial charge in [0.1, 0.15) is 0 Å². The van der Waals surface area contributed by atoms with Crippen molar-refractivity contribution in [3.63, 3.8) is 0 Å². The van der Waals surface area contributed by atoms with Crippen molar-refractivity contribution in [1.82, 2.24) is 0 Å². The molecule has 0 radical (unpaired) electrons. The van der Waals surface area contributed by atoms with Gasteiger partial charge in [-0.2, -0.15) is 11.3 Å². The van der Waals surface area contributed by atoms with E-state index in [1.54, 1.807) is 11.3 Å². The Balaban J connectivity index is 0.00000128. The van der Waals surface area contributed by atoms with Crippen LogP contribution in [0, 0.1) is 0 Å². The van der Waals surface area contributed by atoms with Gasteiger partial charge < -0.3 is 5.73 Å². The lowest BCUT2D eigenvalue weighted by molar-refractivity contribution is 0.876. The molecule has 2 rings (SSSR count). The van der Waals surface area contributed by atoms with Crippen LogP contribution < -0.4 is 5.73 Å². The topological polar surface area (TPSA) is 26.0 Å². The quantitative estimate of drug-likeness (QED) is 0.848. The van der Waals surface area contributed by atoms with Gasteiger partial charge >= 0.3 is 0 Å². The summed E-state index contributed by atoms with van der Waals surface area (Å²) in [4.78, 5) is 0. The zero-order valence-electron chi connectivity index (χ0n) is 8.19. The third-order valence-corrected chi connectivity index (χ3v) is 4.12. The fourth-order valence-electron chi connectivity index (χ4n) is 1.35. The van der Waals surface area contributed by atoms with Gasteiger partial charge in [0.15, 0.2) is 0 Å². The third-order valence-electron chi connectivity index (χ3n) is 2.21. The minimum absolute atomic E-state index is 0. The van der Waals surface area contributed by atoms with Gasteiger partial charge in [-0.25, -0.2) is 0 Å². The maximum Gasteiger partial charge on any atom is 0.0560 e. The molecule has 1 nitrogen and oxygen atoms in total. The summed E-state index contributed by atoms with van der Waals surface area (Å²) in [5, 5.41) is 4.80. The highest BCUT2D eigenvalue weighted by atomic mass is 79.9. The average Bonchev–Trinajstić information content (AvgIpc) is 2.74. The van der Waals surface area contributed by atoms with Gasteiger partial charge in [-0.1, -0.05) is 17.7 Å². The standard InChI is InChI=1S/C11H9BrClNS.ClH/c12-9-5-7(1-2-10(9)13)11(14)8-3-4-15-6-8;/h1-6,11H,14H2;1H/t11-;/m0./s1. The summed E-state index contributed by atoms with van der Waals surface area (Å²) in [6.45, 7) is 0. The zero-order valence-corrected chi connectivity index (χ0v) is 12.2. The van der Waals surface area contributed by atoms with Gasteiger partial charge in [-0.05, 0) is 56.0 Å². The molecule has 86 valence electrons. The molecule has 16 heavy (non-hydrogen) atoms. The van der Waals surface area contributed by atoms with Crippen LogP contribution in [-0.4, -0.2) is 0 Å². The zero-order chi connectivity index (χ0) is 10.8. The van der Waals surface area contributed by atoms with Crippen LogP contribution in [0.15, 0.2) is 39.5 Å². The lowest BCUT2D eigenvalue weighted by atomic mass is 10.0. The SMILES string of the molecule is Cl.N[C@H](c1ccsc1)c1ccc(Cl)c(Br)c1. The molecule has 1 aromatic carbocycles. The van der Waals surface area contributed by atoms with E-state index in [0.717, 1.165) is 15.6 Å². The Morgan fingerprint density at radius 2 is 2.00 bits per heavy atom. The Morgan fingerprint density at radius 3 is 2.56 bits per heavy atom. The summed E-state index contributed by atoms with van der Waals surface area (Å²) in [7, 11) is 0. The molecule has 0 aliphatic rings. The second-order valence-corrected chi connectivity index (χ2v) is 5.25. The smallest absolute Gasteiger partial charge is 0.0560 e. The van der Waals surface area contributed by atoms with Crippen LogP contribution in [-0.2, 0) is 0 Å². The van der Waals surface area contributed by atoms with Crippen LogP contribution in [0.25, 0.3) is 0 Å². The molecule has 0 spiro atoms. The normalized spacial score (nSPS) is 11.9. The van der Waals surface area contributed by atoms with Gasteiger partial charge in [0.25, 0.3) is 0 Å². The average molecular weight is 339 g/mol. The van der Waals surface area contributed by atoms with Crippen molar-refractivity contribution in [2.75, 3.05) is 0 Å². The van der Waals surface area contributed by atoms with Crippen LogP contribution in [0.2, 0.25) is 5.02 Å². The second-order valence-electron chi connectivity index (χ2n) is 3.21. The highest BCUT2D eigenvalue weighted by molar-refractivity contribution is 9.10. The second kappa shape index (κ2) is 6.03. The molecule has 1 atom stereocenters. The predicted molar refractivity (Wildman–Crippen MR) is 76.7 cm³/mol. The summed E-state index contributed by atoms with van der Waals surface area (Å²) in [6.07, 6.45) is 0. The molecular formula is C11H10BrCl2NS. The molecule has 0 aliphatic carbocycles. The van der Waals surface area contributed by atoms with Crippen LogP contribution in [0.4, 0.5) is 0 Å². The Bertz CT molecular complexity index is 459. The molecule has 0 saturated carbocycles. The number of hydrogen-bond acceptors (Lipinski definition) is 2. The monoisotopic (exact) mass is 337 g/mol. The van der Waals surface area contributed by atoms with Crippen molar-refractivity contribution in [3.8, 4) is 0 Å². The van der Waals surface area contributed by atoms with Crippen molar-refractivity contribution in [1.29, 1.82) is 0 Å². The molecular weight excluding hydrogens is 329 g/mol. The van der Waals surface area contributed by atoms with Gasteiger partial charge in [0.05, 0.1) is 11.1 Å². The Labute approximate surface area is 118 Å². The molecule has 0 aliphatic heterocycles. The molecule has 0 bridgehead atoms. The molecule has 0 fully saturated rings. The minimum Gasteiger partial charge on any atom is -0.320 e. The number of benzene rings is 1. The van der Waals surface area contributed by atoms with Crippen LogP contribution in [0.3, 0.4) is 0 Å². The number of thiophene rings is 1. The number of hydrogen-bond donors (Lipinski definition) is 1. The van der Waals surface area contributed by atoms with Gasteiger partial charge in [-0.3, -0.25) is 0 Å². The van der Waals surface area contributed by atoms with Crippen molar-refractivity contribution in [2.45, 2.75) is 6.04 Å². The van der Waals surface area contributed by atoms with Gasteiger partial charge in [-0.15, -0.1) is 12.4 Å². The molecule has 1 heterocycles. The van der Waals surface area contributed by atoms with Crippen molar-refractivity contribution >= 4 is 51.3 Å². The molecule has 2 aromatic rings. The Hall–Kier alpha value is -0.0600. The Kier molecular flexibility index (Phi) is 5.28. The Morgan fingerprint density at radius 1 is 1.25 bits per heavy atom. The molecule has 0 unspecified atom stereocenters. The van der Waals surface area contributed by atoms with E-state index in [-0.39, 0.29) is 18.4 Å². The van der Waals surface area contributed by atoms with Crippen LogP contribution in [0.5, 0.6) is 0 Å². The van der Waals surface area contributed by atoms with E-state index < -0.39 is 0 Å². The number of halogens is 3. The van der Waals surface area contributed by atoms with Gasteiger partial charge in [0.2, 0.25) is 0 Å². The molecule has 0 amide bonds. The first-order chi connectivity index (χ1) is 7.18. The van der Waals surface area contributed by atoms with E-state index >= 15 is 0 Å².